The van der Waals surface area contributed by atoms with E-state index in [1.165, 1.54) is 12.0 Å². The minimum Gasteiger partial charge on any atom is -0.365 e. The first-order valence-electron chi connectivity index (χ1n) is 7.74. The van der Waals surface area contributed by atoms with Crippen LogP contribution in [0.4, 0.5) is 5.82 Å². The summed E-state index contributed by atoms with van der Waals surface area (Å²) in [6, 6.07) is 13.7. The van der Waals surface area contributed by atoms with Crippen LogP contribution in [0.25, 0.3) is 0 Å². The molecule has 5 heteroatoms. The second kappa shape index (κ2) is 7.02. The molecule has 22 heavy (non-hydrogen) atoms. The van der Waals surface area contributed by atoms with Crippen LogP contribution in [0, 0.1) is 0 Å². The van der Waals surface area contributed by atoms with Gasteiger partial charge in [0.1, 0.15) is 5.82 Å². The number of carbonyl (C=O) groups excluding carboxylic acids is 1. The molecule has 1 aliphatic rings. The Bertz CT molecular complexity index is 606. The number of anilines is 1. The summed E-state index contributed by atoms with van der Waals surface area (Å²) in [7, 11) is 0. The molecule has 5 nitrogen and oxygen atoms in total. The summed E-state index contributed by atoms with van der Waals surface area (Å²) < 4.78 is 0. The second-order valence-electron chi connectivity index (χ2n) is 5.50. The number of nitrogens with one attached hydrogen (secondary N) is 1. The molecule has 1 amide bonds. The van der Waals surface area contributed by atoms with E-state index < -0.39 is 0 Å². The van der Waals surface area contributed by atoms with Crippen molar-refractivity contribution in [3.8, 4) is 0 Å². The fraction of sp³-hybridized carbons (Fsp3) is 0.353. The Morgan fingerprint density at radius 3 is 2.45 bits per heavy atom. The highest BCUT2D eigenvalue weighted by molar-refractivity contribution is 5.92. The van der Waals surface area contributed by atoms with Gasteiger partial charge in [-0.25, -0.2) is 0 Å². The summed E-state index contributed by atoms with van der Waals surface area (Å²) in [5.74, 6) is 0.667. The van der Waals surface area contributed by atoms with Crippen LogP contribution < -0.4 is 5.32 Å². The number of likely N-dealkylation sites (tertiary alicyclic amines) is 1. The van der Waals surface area contributed by atoms with Crippen molar-refractivity contribution in [2.24, 2.45) is 0 Å². The Labute approximate surface area is 130 Å². The molecule has 0 unspecified atom stereocenters. The minimum absolute atomic E-state index is 0.0122. The molecule has 0 atom stereocenters. The number of carbonyl (C=O) groups is 1. The van der Waals surface area contributed by atoms with Gasteiger partial charge < -0.3 is 10.2 Å². The third-order valence-electron chi connectivity index (χ3n) is 3.84. The van der Waals surface area contributed by atoms with Gasteiger partial charge in [-0.05, 0) is 37.0 Å². The molecule has 0 aliphatic carbocycles. The van der Waals surface area contributed by atoms with Crippen molar-refractivity contribution in [3.05, 3.63) is 53.7 Å². The zero-order valence-corrected chi connectivity index (χ0v) is 12.5. The lowest BCUT2D eigenvalue weighted by atomic mass is 10.1. The van der Waals surface area contributed by atoms with Crippen molar-refractivity contribution in [1.82, 2.24) is 15.1 Å². The van der Waals surface area contributed by atoms with Crippen LogP contribution in [-0.2, 0) is 6.54 Å². The van der Waals surface area contributed by atoms with Crippen LogP contribution in [0.5, 0.6) is 0 Å². The second-order valence-corrected chi connectivity index (χ2v) is 5.50. The average Bonchev–Trinajstić information content (AvgIpc) is 2.61. The molecule has 3 rings (SSSR count). The first kappa shape index (κ1) is 14.5. The number of rotatable bonds is 4. The lowest BCUT2D eigenvalue weighted by Gasteiger charge is -2.26. The average molecular weight is 296 g/mol. The molecule has 1 aromatic carbocycles. The van der Waals surface area contributed by atoms with Crippen molar-refractivity contribution in [2.45, 2.75) is 25.8 Å². The standard InChI is InChI=1S/C17H20N4O/c22-17(21-11-5-2-6-12-21)15-9-10-16(20-19-15)18-13-14-7-3-1-4-8-14/h1,3-4,7-10H,2,5-6,11-13H2,(H,18,20). The largest absolute Gasteiger partial charge is 0.365 e. The maximum Gasteiger partial charge on any atom is 0.274 e. The van der Waals surface area contributed by atoms with E-state index in [0.717, 1.165) is 25.9 Å². The number of nitrogens with zero attached hydrogens (tertiary/aromatic N) is 3. The topological polar surface area (TPSA) is 58.1 Å². The Morgan fingerprint density at radius 1 is 1.00 bits per heavy atom. The van der Waals surface area contributed by atoms with Gasteiger partial charge in [0.25, 0.3) is 5.91 Å². The number of amides is 1. The predicted molar refractivity (Wildman–Crippen MR) is 85.6 cm³/mol. The highest BCUT2D eigenvalue weighted by atomic mass is 16.2. The highest BCUT2D eigenvalue weighted by Crippen LogP contribution is 2.12. The molecule has 1 N–H and O–H groups in total. The van der Waals surface area contributed by atoms with E-state index in [9.17, 15) is 4.79 Å². The normalized spacial score (nSPS) is 14.6. The van der Waals surface area contributed by atoms with Crippen LogP contribution in [0.15, 0.2) is 42.5 Å². The van der Waals surface area contributed by atoms with Gasteiger partial charge in [-0.2, -0.15) is 0 Å². The number of hydrogen-bond donors (Lipinski definition) is 1. The zero-order valence-electron chi connectivity index (χ0n) is 12.5. The molecule has 0 spiro atoms. The first-order chi connectivity index (χ1) is 10.8. The molecule has 1 saturated heterocycles. The molecule has 114 valence electrons. The highest BCUT2D eigenvalue weighted by Gasteiger charge is 2.19. The maximum absolute atomic E-state index is 12.3. The smallest absolute Gasteiger partial charge is 0.274 e. The van der Waals surface area contributed by atoms with Crippen LogP contribution in [0.1, 0.15) is 35.3 Å². The molecule has 0 bridgehead atoms. The Hall–Kier alpha value is -2.43. The number of benzene rings is 1. The Kier molecular flexibility index (Phi) is 4.63. The van der Waals surface area contributed by atoms with Gasteiger partial charge in [-0.15, -0.1) is 10.2 Å². The van der Waals surface area contributed by atoms with E-state index in [1.807, 2.05) is 29.2 Å². The van der Waals surface area contributed by atoms with Crippen molar-refractivity contribution < 1.29 is 4.79 Å². The predicted octanol–water partition coefficient (Wildman–Crippen LogP) is 2.71. The number of hydrogen-bond acceptors (Lipinski definition) is 4. The zero-order chi connectivity index (χ0) is 15.2. The molecule has 0 radical (unpaired) electrons. The molecule has 2 aromatic rings. The molecule has 2 heterocycles. The van der Waals surface area contributed by atoms with Gasteiger partial charge in [-0.1, -0.05) is 30.3 Å². The third kappa shape index (κ3) is 3.61. The van der Waals surface area contributed by atoms with Gasteiger partial charge >= 0.3 is 0 Å². The van der Waals surface area contributed by atoms with E-state index in [2.05, 4.69) is 27.6 Å². The molecule has 1 fully saturated rings. The van der Waals surface area contributed by atoms with Crippen molar-refractivity contribution in [1.29, 1.82) is 0 Å². The summed E-state index contributed by atoms with van der Waals surface area (Å²) >= 11 is 0. The number of piperidine rings is 1. The molecule has 0 saturated carbocycles. The van der Waals surface area contributed by atoms with E-state index in [-0.39, 0.29) is 5.91 Å². The summed E-state index contributed by atoms with van der Waals surface area (Å²) in [5.41, 5.74) is 1.60. The maximum atomic E-state index is 12.3. The van der Waals surface area contributed by atoms with Crippen LogP contribution in [-0.4, -0.2) is 34.1 Å². The summed E-state index contributed by atoms with van der Waals surface area (Å²) in [6.07, 6.45) is 3.36. The van der Waals surface area contributed by atoms with Crippen molar-refractivity contribution >= 4 is 11.7 Å². The van der Waals surface area contributed by atoms with Gasteiger partial charge in [0.05, 0.1) is 0 Å². The Balaban J connectivity index is 1.59. The number of aromatic nitrogens is 2. The summed E-state index contributed by atoms with van der Waals surface area (Å²) in [5, 5.41) is 11.4. The summed E-state index contributed by atoms with van der Waals surface area (Å²) in [6.45, 7) is 2.35. The van der Waals surface area contributed by atoms with Crippen LogP contribution in [0.3, 0.4) is 0 Å². The van der Waals surface area contributed by atoms with Gasteiger partial charge in [0, 0.05) is 19.6 Å². The van der Waals surface area contributed by atoms with Gasteiger partial charge in [-0.3, -0.25) is 4.79 Å². The molecular formula is C17H20N4O. The fourth-order valence-electron chi connectivity index (χ4n) is 2.59. The molecule has 1 aromatic heterocycles. The van der Waals surface area contributed by atoms with Crippen molar-refractivity contribution in [2.75, 3.05) is 18.4 Å². The lowest BCUT2D eigenvalue weighted by molar-refractivity contribution is 0.0717. The molecule has 1 aliphatic heterocycles. The summed E-state index contributed by atoms with van der Waals surface area (Å²) in [4.78, 5) is 14.2. The third-order valence-corrected chi connectivity index (χ3v) is 3.84. The van der Waals surface area contributed by atoms with Gasteiger partial charge in [0.15, 0.2) is 5.69 Å². The van der Waals surface area contributed by atoms with E-state index >= 15 is 0 Å². The monoisotopic (exact) mass is 296 g/mol. The fourth-order valence-corrected chi connectivity index (χ4v) is 2.59. The van der Waals surface area contributed by atoms with Gasteiger partial charge in [0.2, 0.25) is 0 Å². The minimum atomic E-state index is -0.0122. The van der Waals surface area contributed by atoms with Crippen LogP contribution >= 0.6 is 0 Å². The first-order valence-corrected chi connectivity index (χ1v) is 7.74. The van der Waals surface area contributed by atoms with Crippen LogP contribution in [0.2, 0.25) is 0 Å². The Morgan fingerprint density at radius 2 is 1.77 bits per heavy atom. The molecular weight excluding hydrogens is 276 g/mol. The van der Waals surface area contributed by atoms with Crippen molar-refractivity contribution in [3.63, 3.8) is 0 Å². The SMILES string of the molecule is O=C(c1ccc(NCc2ccccc2)nn1)N1CCCCC1. The van der Waals surface area contributed by atoms with E-state index in [1.54, 1.807) is 6.07 Å². The van der Waals surface area contributed by atoms with E-state index in [0.29, 0.717) is 18.1 Å². The quantitative estimate of drug-likeness (QED) is 0.942. The van der Waals surface area contributed by atoms with E-state index in [4.69, 9.17) is 0 Å². The lowest BCUT2D eigenvalue weighted by Crippen LogP contribution is -2.36.